The van der Waals surface area contributed by atoms with Crippen LogP contribution in [-0.2, 0) is 0 Å². The molecular weight excluding hydrogens is 477 g/mol. The van der Waals surface area contributed by atoms with Crippen molar-refractivity contribution in [1.82, 2.24) is 4.98 Å². The van der Waals surface area contributed by atoms with Gasteiger partial charge in [0.25, 0.3) is 5.69 Å². The fourth-order valence-corrected chi connectivity index (χ4v) is 3.70. The van der Waals surface area contributed by atoms with Gasteiger partial charge in [0.15, 0.2) is 0 Å². The third-order valence-corrected chi connectivity index (χ3v) is 5.74. The van der Waals surface area contributed by atoms with E-state index in [1.807, 2.05) is 0 Å². The molecule has 0 aliphatic carbocycles. The van der Waals surface area contributed by atoms with Gasteiger partial charge >= 0.3 is 0 Å². The van der Waals surface area contributed by atoms with Gasteiger partial charge in [-0.1, -0.05) is 69.6 Å². The second-order valence-electron chi connectivity index (χ2n) is 5.34. The third-order valence-electron chi connectivity index (χ3n) is 3.67. The zero-order chi connectivity index (χ0) is 19.9. The molecule has 4 nitrogen and oxygen atoms in total. The van der Waals surface area contributed by atoms with E-state index in [2.05, 4.69) is 4.98 Å². The predicted octanol–water partition coefficient (Wildman–Crippen LogP) is 8.24. The largest absolute Gasteiger partial charge is 0.295 e. The first-order chi connectivity index (χ1) is 12.7. The number of rotatable bonds is 3. The van der Waals surface area contributed by atoms with Gasteiger partial charge in [0.05, 0.1) is 46.3 Å². The van der Waals surface area contributed by atoms with E-state index < -0.39 is 4.92 Å². The number of nitro groups is 1. The Hall–Kier alpha value is -1.27. The van der Waals surface area contributed by atoms with Crippen molar-refractivity contribution in [2.75, 3.05) is 0 Å². The summed E-state index contributed by atoms with van der Waals surface area (Å²) in [5, 5.41) is 12.9. The van der Waals surface area contributed by atoms with Gasteiger partial charge < -0.3 is 0 Å². The van der Waals surface area contributed by atoms with Gasteiger partial charge in [0.2, 0.25) is 0 Å². The molecular formula is C17H6Cl6N2O2. The number of nitrogens with zero attached hydrogens (tertiary/aromatic N) is 2. The van der Waals surface area contributed by atoms with E-state index >= 15 is 0 Å². The van der Waals surface area contributed by atoms with E-state index in [0.29, 0.717) is 16.8 Å². The van der Waals surface area contributed by atoms with Crippen LogP contribution in [-0.4, -0.2) is 9.91 Å². The van der Waals surface area contributed by atoms with E-state index in [0.717, 1.165) is 6.20 Å². The first kappa shape index (κ1) is 20.5. The lowest BCUT2D eigenvalue weighted by atomic mass is 10.0. The number of benzene rings is 2. The summed E-state index contributed by atoms with van der Waals surface area (Å²) in [5.74, 6) is 0. The molecule has 0 unspecified atom stereocenters. The zero-order valence-electron chi connectivity index (χ0n) is 12.9. The molecule has 1 heterocycles. The predicted molar refractivity (Wildman–Crippen MR) is 112 cm³/mol. The molecule has 0 aliphatic rings. The minimum atomic E-state index is -0.568. The molecule has 0 saturated heterocycles. The van der Waals surface area contributed by atoms with E-state index in [1.54, 1.807) is 0 Å². The van der Waals surface area contributed by atoms with Crippen molar-refractivity contribution in [2.45, 2.75) is 0 Å². The molecule has 0 atom stereocenters. The number of halogens is 6. The fourth-order valence-electron chi connectivity index (χ4n) is 2.40. The summed E-state index contributed by atoms with van der Waals surface area (Å²) in [5.41, 5.74) is 1.09. The lowest BCUT2D eigenvalue weighted by molar-refractivity contribution is -0.384. The highest BCUT2D eigenvalue weighted by atomic mass is 35.5. The molecule has 0 saturated carbocycles. The van der Waals surface area contributed by atoms with Crippen LogP contribution in [0.1, 0.15) is 0 Å². The van der Waals surface area contributed by atoms with Crippen LogP contribution in [0, 0.1) is 10.1 Å². The second-order valence-corrected chi connectivity index (χ2v) is 7.78. The fraction of sp³-hybridized carbons (Fsp3) is 0. The minimum absolute atomic E-state index is 0.199. The van der Waals surface area contributed by atoms with Crippen molar-refractivity contribution in [3.8, 4) is 22.4 Å². The van der Waals surface area contributed by atoms with Crippen LogP contribution in [0.3, 0.4) is 0 Å². The SMILES string of the molecule is O=[N+]([O-])c1cnc(-c2cc(Cl)c(Cl)cc2Cl)cc1-c1cc(Cl)c(Cl)cc1Cl. The van der Waals surface area contributed by atoms with Crippen molar-refractivity contribution in [2.24, 2.45) is 0 Å². The standard InChI is InChI=1S/C17H6Cl6N2O2/c18-10-4-14(22)12(20)1-7(10)8-3-16(24-6-17(8)25(26)27)9-2-13(21)15(23)5-11(9)19/h1-6H. The Morgan fingerprint density at radius 3 is 1.70 bits per heavy atom. The van der Waals surface area contributed by atoms with Crippen LogP contribution in [0.25, 0.3) is 22.4 Å². The van der Waals surface area contributed by atoms with Gasteiger partial charge in [-0.25, -0.2) is 4.98 Å². The molecule has 0 amide bonds. The molecule has 0 spiro atoms. The Bertz CT molecular complexity index is 1090. The van der Waals surface area contributed by atoms with Gasteiger partial charge in [-0.05, 0) is 30.3 Å². The molecule has 3 aromatic rings. The zero-order valence-corrected chi connectivity index (χ0v) is 17.5. The molecule has 0 N–H and O–H groups in total. The van der Waals surface area contributed by atoms with Crippen molar-refractivity contribution in [3.05, 3.63) is 76.8 Å². The molecule has 0 aliphatic heterocycles. The third kappa shape index (κ3) is 4.11. The summed E-state index contributed by atoms with van der Waals surface area (Å²) >= 11 is 36.5. The molecule has 1 aromatic heterocycles. The maximum absolute atomic E-state index is 11.5. The first-order valence-electron chi connectivity index (χ1n) is 7.13. The van der Waals surface area contributed by atoms with Gasteiger partial charge in [0, 0.05) is 11.1 Å². The highest BCUT2D eigenvalue weighted by molar-refractivity contribution is 6.44. The number of hydrogen-bond donors (Lipinski definition) is 0. The van der Waals surface area contributed by atoms with Crippen molar-refractivity contribution < 1.29 is 4.92 Å². The quantitative estimate of drug-likeness (QED) is 0.214. The molecule has 10 heteroatoms. The molecule has 2 aromatic carbocycles. The van der Waals surface area contributed by atoms with Crippen LogP contribution in [0.4, 0.5) is 5.69 Å². The molecule has 3 rings (SSSR count). The van der Waals surface area contributed by atoms with Gasteiger partial charge in [-0.15, -0.1) is 0 Å². The smallest absolute Gasteiger partial charge is 0.258 e. The maximum atomic E-state index is 11.5. The summed E-state index contributed by atoms with van der Waals surface area (Å²) in [6.07, 6.45) is 1.11. The average Bonchev–Trinajstić information content (AvgIpc) is 2.60. The van der Waals surface area contributed by atoms with E-state index in [-0.39, 0.29) is 41.4 Å². The van der Waals surface area contributed by atoms with E-state index in [1.165, 1.54) is 30.3 Å². The Labute approximate surface area is 183 Å². The average molecular weight is 483 g/mol. The maximum Gasteiger partial charge on any atom is 0.295 e. The van der Waals surface area contributed by atoms with Crippen LogP contribution >= 0.6 is 69.6 Å². The first-order valence-corrected chi connectivity index (χ1v) is 9.40. The lowest BCUT2D eigenvalue weighted by Crippen LogP contribution is -1.96. The summed E-state index contributed by atoms with van der Waals surface area (Å²) in [6.45, 7) is 0. The normalized spacial score (nSPS) is 10.9. The van der Waals surface area contributed by atoms with Gasteiger partial charge in [-0.3, -0.25) is 10.1 Å². The van der Waals surface area contributed by atoms with Gasteiger partial charge in [-0.2, -0.15) is 0 Å². The summed E-state index contributed by atoms with van der Waals surface area (Å²) in [4.78, 5) is 15.0. The highest BCUT2D eigenvalue weighted by Crippen LogP contribution is 2.42. The molecule has 0 fully saturated rings. The van der Waals surface area contributed by atoms with Crippen molar-refractivity contribution in [3.63, 3.8) is 0 Å². The van der Waals surface area contributed by atoms with E-state index in [4.69, 9.17) is 69.6 Å². The summed E-state index contributed by atoms with van der Waals surface area (Å²) in [7, 11) is 0. The van der Waals surface area contributed by atoms with Crippen molar-refractivity contribution >= 4 is 75.3 Å². The topological polar surface area (TPSA) is 56.0 Å². The summed E-state index contributed by atoms with van der Waals surface area (Å²) in [6, 6.07) is 7.34. The Kier molecular flexibility index (Phi) is 6.06. The lowest BCUT2D eigenvalue weighted by Gasteiger charge is -2.11. The highest BCUT2D eigenvalue weighted by Gasteiger charge is 2.22. The van der Waals surface area contributed by atoms with Crippen LogP contribution in [0.2, 0.25) is 30.1 Å². The van der Waals surface area contributed by atoms with Crippen LogP contribution in [0.5, 0.6) is 0 Å². The number of pyridine rings is 1. The summed E-state index contributed by atoms with van der Waals surface area (Å²) < 4.78 is 0. The molecule has 0 radical (unpaired) electrons. The minimum Gasteiger partial charge on any atom is -0.258 e. The Morgan fingerprint density at radius 2 is 1.15 bits per heavy atom. The second kappa shape index (κ2) is 8.00. The van der Waals surface area contributed by atoms with Crippen molar-refractivity contribution in [1.29, 1.82) is 0 Å². The van der Waals surface area contributed by atoms with E-state index in [9.17, 15) is 10.1 Å². The molecule has 27 heavy (non-hydrogen) atoms. The number of aromatic nitrogens is 1. The Balaban J connectivity index is 2.28. The molecule has 0 bridgehead atoms. The Morgan fingerprint density at radius 1 is 0.667 bits per heavy atom. The molecule has 138 valence electrons. The monoisotopic (exact) mass is 480 g/mol. The number of hydrogen-bond acceptors (Lipinski definition) is 3. The van der Waals surface area contributed by atoms with Crippen LogP contribution in [0.15, 0.2) is 36.5 Å². The van der Waals surface area contributed by atoms with Gasteiger partial charge in [0.1, 0.15) is 6.20 Å². The van der Waals surface area contributed by atoms with Crippen LogP contribution < -0.4 is 0 Å².